The van der Waals surface area contributed by atoms with Crippen LogP contribution in [0.1, 0.15) is 55.8 Å². The van der Waals surface area contributed by atoms with Gasteiger partial charge in [0.25, 0.3) is 0 Å². The van der Waals surface area contributed by atoms with Crippen molar-refractivity contribution < 1.29 is 15.3 Å². The molecule has 1 aromatic rings. The summed E-state index contributed by atoms with van der Waals surface area (Å²) in [5.41, 5.74) is 6.61. The summed E-state index contributed by atoms with van der Waals surface area (Å²) in [5, 5.41) is 30.2. The second-order valence-electron chi connectivity index (χ2n) is 6.28. The third-order valence-corrected chi connectivity index (χ3v) is 4.56. The van der Waals surface area contributed by atoms with Gasteiger partial charge in [-0.25, -0.2) is 0 Å². The zero-order chi connectivity index (χ0) is 15.3. The van der Waals surface area contributed by atoms with Crippen LogP contribution in [0.2, 0.25) is 0 Å². The average Bonchev–Trinajstić information content (AvgIpc) is 2.52. The lowest BCUT2D eigenvalue weighted by molar-refractivity contribution is -0.00346. The maximum absolute atomic E-state index is 10.5. The average molecular weight is 293 g/mol. The van der Waals surface area contributed by atoms with Crippen molar-refractivity contribution in [1.82, 2.24) is 0 Å². The van der Waals surface area contributed by atoms with Crippen molar-refractivity contribution in [2.45, 2.75) is 62.8 Å². The first-order valence-corrected chi connectivity index (χ1v) is 7.91. The third kappa shape index (κ3) is 4.51. The van der Waals surface area contributed by atoms with Gasteiger partial charge in [-0.15, -0.1) is 0 Å². The molecule has 4 nitrogen and oxygen atoms in total. The number of benzene rings is 1. The smallest absolute Gasteiger partial charge is 0.106 e. The first kappa shape index (κ1) is 16.4. The Morgan fingerprint density at radius 3 is 2.52 bits per heavy atom. The van der Waals surface area contributed by atoms with E-state index in [9.17, 15) is 15.3 Å². The maximum Gasteiger partial charge on any atom is 0.106 e. The third-order valence-electron chi connectivity index (χ3n) is 4.56. The monoisotopic (exact) mass is 293 g/mol. The van der Waals surface area contributed by atoms with Gasteiger partial charge in [0.15, 0.2) is 0 Å². The zero-order valence-electron chi connectivity index (χ0n) is 12.5. The molecule has 0 amide bonds. The van der Waals surface area contributed by atoms with Crippen LogP contribution in [0.5, 0.6) is 0 Å². The standard InChI is InChI=1S/C17H27NO3/c18-12-15(19)16(20)14-6-4-5-13(11-14)7-10-17(21)8-2-1-3-9-17/h4-6,11,15-16,19-21H,1-3,7-10,12,18H2. The van der Waals surface area contributed by atoms with Gasteiger partial charge in [0, 0.05) is 6.54 Å². The number of hydrogen-bond acceptors (Lipinski definition) is 4. The van der Waals surface area contributed by atoms with Crippen LogP contribution in [0.15, 0.2) is 24.3 Å². The van der Waals surface area contributed by atoms with Gasteiger partial charge in [-0.3, -0.25) is 0 Å². The highest BCUT2D eigenvalue weighted by molar-refractivity contribution is 5.26. The number of aliphatic hydroxyl groups excluding tert-OH is 2. The van der Waals surface area contributed by atoms with Gasteiger partial charge < -0.3 is 21.1 Å². The summed E-state index contributed by atoms with van der Waals surface area (Å²) >= 11 is 0. The van der Waals surface area contributed by atoms with E-state index in [-0.39, 0.29) is 6.54 Å². The molecule has 5 N–H and O–H groups in total. The lowest BCUT2D eigenvalue weighted by Crippen LogP contribution is -2.31. The van der Waals surface area contributed by atoms with Gasteiger partial charge in [-0.2, -0.15) is 0 Å². The van der Waals surface area contributed by atoms with E-state index in [0.717, 1.165) is 44.1 Å². The molecule has 1 aromatic carbocycles. The molecule has 0 spiro atoms. The van der Waals surface area contributed by atoms with Crippen LogP contribution in [0.25, 0.3) is 0 Å². The Bertz CT molecular complexity index is 443. The van der Waals surface area contributed by atoms with Crippen molar-refractivity contribution in [1.29, 1.82) is 0 Å². The van der Waals surface area contributed by atoms with Crippen LogP contribution < -0.4 is 5.73 Å². The molecule has 0 radical (unpaired) electrons. The van der Waals surface area contributed by atoms with E-state index in [0.29, 0.717) is 5.56 Å². The highest BCUT2D eigenvalue weighted by Gasteiger charge is 2.28. The van der Waals surface area contributed by atoms with Crippen LogP contribution in [0.4, 0.5) is 0 Å². The molecule has 0 saturated heterocycles. The molecule has 1 aliphatic carbocycles. The Morgan fingerprint density at radius 1 is 1.14 bits per heavy atom. The first-order valence-electron chi connectivity index (χ1n) is 7.91. The number of hydrogen-bond donors (Lipinski definition) is 4. The molecule has 1 aliphatic rings. The summed E-state index contributed by atoms with van der Waals surface area (Å²) < 4.78 is 0. The highest BCUT2D eigenvalue weighted by Crippen LogP contribution is 2.32. The summed E-state index contributed by atoms with van der Waals surface area (Å²) in [6.45, 7) is 0.0329. The second kappa shape index (κ2) is 7.36. The van der Waals surface area contributed by atoms with Crippen LogP contribution in [-0.4, -0.2) is 33.6 Å². The largest absolute Gasteiger partial charge is 0.390 e. The predicted molar refractivity (Wildman–Crippen MR) is 82.8 cm³/mol. The van der Waals surface area contributed by atoms with Crippen LogP contribution >= 0.6 is 0 Å². The molecule has 0 bridgehead atoms. The first-order chi connectivity index (χ1) is 10.0. The molecule has 1 saturated carbocycles. The predicted octanol–water partition coefficient (Wildman–Crippen LogP) is 1.67. The number of rotatable bonds is 6. The fourth-order valence-corrected chi connectivity index (χ4v) is 3.12. The summed E-state index contributed by atoms with van der Waals surface area (Å²) in [6.07, 6.45) is 4.87. The van der Waals surface area contributed by atoms with Gasteiger partial charge in [-0.1, -0.05) is 43.5 Å². The fraction of sp³-hybridized carbons (Fsp3) is 0.647. The summed E-state index contributed by atoms with van der Waals surface area (Å²) in [4.78, 5) is 0. The van der Waals surface area contributed by atoms with E-state index in [4.69, 9.17) is 5.73 Å². The molecule has 2 rings (SSSR count). The minimum absolute atomic E-state index is 0.0329. The van der Waals surface area contributed by atoms with Gasteiger partial charge in [-0.05, 0) is 36.8 Å². The molecule has 118 valence electrons. The van der Waals surface area contributed by atoms with Crippen molar-refractivity contribution in [2.75, 3.05) is 6.54 Å². The minimum Gasteiger partial charge on any atom is -0.390 e. The summed E-state index contributed by atoms with van der Waals surface area (Å²) in [7, 11) is 0. The molecule has 0 aromatic heterocycles. The van der Waals surface area contributed by atoms with E-state index in [2.05, 4.69) is 0 Å². The van der Waals surface area contributed by atoms with Crippen molar-refractivity contribution in [3.63, 3.8) is 0 Å². The molecular formula is C17H27NO3. The molecule has 4 heteroatoms. The van der Waals surface area contributed by atoms with E-state index in [1.54, 1.807) is 6.07 Å². The fourth-order valence-electron chi connectivity index (χ4n) is 3.12. The summed E-state index contributed by atoms with van der Waals surface area (Å²) in [5.74, 6) is 0. The Morgan fingerprint density at radius 2 is 1.86 bits per heavy atom. The molecule has 0 heterocycles. The van der Waals surface area contributed by atoms with E-state index < -0.39 is 17.8 Å². The lowest BCUT2D eigenvalue weighted by Gasteiger charge is -2.32. The topological polar surface area (TPSA) is 86.7 Å². The van der Waals surface area contributed by atoms with Crippen LogP contribution in [-0.2, 0) is 6.42 Å². The van der Waals surface area contributed by atoms with Crippen LogP contribution in [0, 0.1) is 0 Å². The molecule has 2 atom stereocenters. The Hall–Kier alpha value is -0.940. The normalized spacial score (nSPS) is 21.0. The Labute approximate surface area is 126 Å². The van der Waals surface area contributed by atoms with E-state index in [1.807, 2.05) is 18.2 Å². The van der Waals surface area contributed by atoms with E-state index >= 15 is 0 Å². The SMILES string of the molecule is NCC(O)C(O)c1cccc(CCC2(O)CCCCC2)c1. The Balaban J connectivity index is 1.97. The van der Waals surface area contributed by atoms with Crippen LogP contribution in [0.3, 0.4) is 0 Å². The molecule has 21 heavy (non-hydrogen) atoms. The summed E-state index contributed by atoms with van der Waals surface area (Å²) in [6, 6.07) is 7.57. The van der Waals surface area contributed by atoms with Crippen molar-refractivity contribution in [2.24, 2.45) is 5.73 Å². The molecular weight excluding hydrogens is 266 g/mol. The minimum atomic E-state index is -0.951. The van der Waals surface area contributed by atoms with Crippen molar-refractivity contribution >= 4 is 0 Å². The van der Waals surface area contributed by atoms with Crippen molar-refractivity contribution in [3.05, 3.63) is 35.4 Å². The van der Waals surface area contributed by atoms with Crippen molar-refractivity contribution in [3.8, 4) is 0 Å². The van der Waals surface area contributed by atoms with E-state index in [1.165, 1.54) is 6.42 Å². The maximum atomic E-state index is 10.5. The molecule has 2 unspecified atom stereocenters. The lowest BCUT2D eigenvalue weighted by atomic mass is 9.81. The number of aliphatic hydroxyl groups is 3. The molecule has 0 aliphatic heterocycles. The van der Waals surface area contributed by atoms with Gasteiger partial charge in [0.1, 0.15) is 6.10 Å². The number of nitrogens with two attached hydrogens (primary N) is 1. The zero-order valence-corrected chi connectivity index (χ0v) is 12.5. The quantitative estimate of drug-likeness (QED) is 0.642. The highest BCUT2D eigenvalue weighted by atomic mass is 16.3. The Kier molecular flexibility index (Phi) is 5.76. The second-order valence-corrected chi connectivity index (χ2v) is 6.28. The van der Waals surface area contributed by atoms with Gasteiger partial charge in [0.2, 0.25) is 0 Å². The van der Waals surface area contributed by atoms with Gasteiger partial charge in [0.05, 0.1) is 11.7 Å². The molecule has 1 fully saturated rings. The van der Waals surface area contributed by atoms with Gasteiger partial charge >= 0.3 is 0 Å². The number of aryl methyl sites for hydroxylation is 1.